The monoisotopic (exact) mass is 320 g/mol. The second-order valence-electron chi connectivity index (χ2n) is 6.37. The summed E-state index contributed by atoms with van der Waals surface area (Å²) in [6.45, 7) is 7.58. The molecule has 0 atom stereocenters. The lowest BCUT2D eigenvalue weighted by atomic mass is 10.0. The quantitative estimate of drug-likeness (QED) is 0.664. The molecule has 0 unspecified atom stereocenters. The van der Waals surface area contributed by atoms with Gasteiger partial charge in [0, 0.05) is 44.7 Å². The zero-order valence-electron chi connectivity index (χ0n) is 14.0. The molecular weight excluding hydrogens is 290 g/mol. The first-order valence-corrected chi connectivity index (χ1v) is 8.32. The second kappa shape index (κ2) is 9.40. The van der Waals surface area contributed by atoms with Crippen molar-refractivity contribution in [2.24, 2.45) is 5.92 Å². The molecule has 4 nitrogen and oxygen atoms in total. The van der Waals surface area contributed by atoms with Gasteiger partial charge in [0.2, 0.25) is 5.91 Å². The number of hydrogen-bond acceptors (Lipinski definition) is 3. The first kappa shape index (κ1) is 19.3. The van der Waals surface area contributed by atoms with E-state index in [1.807, 2.05) is 20.8 Å². The van der Waals surface area contributed by atoms with E-state index in [1.165, 1.54) is 0 Å². The minimum atomic E-state index is -2.66. The Morgan fingerprint density at radius 2 is 2.00 bits per heavy atom. The van der Waals surface area contributed by atoms with Crippen LogP contribution in [0.25, 0.3) is 0 Å². The van der Waals surface area contributed by atoms with Crippen LogP contribution in [0.4, 0.5) is 8.78 Å². The molecule has 130 valence electrons. The Balaban J connectivity index is 2.25. The third-order valence-electron chi connectivity index (χ3n) is 3.95. The zero-order valence-corrected chi connectivity index (χ0v) is 14.0. The standard InChI is InChI=1S/C16H30F2N2O2/c1-4-22-11-5-8-16(17,18)12-20-9-6-14(7-10-20)19-15(21)13(2)3/h13-14H,4-12H2,1-3H3,(H,19,21). The molecule has 1 saturated heterocycles. The number of nitrogens with one attached hydrogen (secondary N) is 1. The van der Waals surface area contributed by atoms with Gasteiger partial charge in [-0.3, -0.25) is 9.69 Å². The second-order valence-corrected chi connectivity index (χ2v) is 6.37. The van der Waals surface area contributed by atoms with Crippen molar-refractivity contribution < 1.29 is 18.3 Å². The molecule has 0 radical (unpaired) electrons. The largest absolute Gasteiger partial charge is 0.382 e. The van der Waals surface area contributed by atoms with E-state index in [9.17, 15) is 13.6 Å². The van der Waals surface area contributed by atoms with Gasteiger partial charge in [-0.05, 0) is 26.2 Å². The van der Waals surface area contributed by atoms with Gasteiger partial charge in [-0.1, -0.05) is 13.8 Å². The molecule has 0 aromatic carbocycles. The minimum absolute atomic E-state index is 0.0345. The van der Waals surface area contributed by atoms with Crippen LogP contribution in [-0.4, -0.2) is 55.6 Å². The summed E-state index contributed by atoms with van der Waals surface area (Å²) < 4.78 is 32.9. The summed E-state index contributed by atoms with van der Waals surface area (Å²) in [5.41, 5.74) is 0. The number of likely N-dealkylation sites (tertiary alicyclic amines) is 1. The highest BCUT2D eigenvalue weighted by Crippen LogP contribution is 2.24. The van der Waals surface area contributed by atoms with Crippen LogP contribution >= 0.6 is 0 Å². The van der Waals surface area contributed by atoms with Gasteiger partial charge in [-0.25, -0.2) is 8.78 Å². The molecule has 1 N–H and O–H groups in total. The van der Waals surface area contributed by atoms with Gasteiger partial charge in [-0.15, -0.1) is 0 Å². The van der Waals surface area contributed by atoms with E-state index in [2.05, 4.69) is 5.32 Å². The van der Waals surface area contributed by atoms with E-state index in [1.54, 1.807) is 4.90 Å². The number of hydrogen-bond donors (Lipinski definition) is 1. The van der Waals surface area contributed by atoms with Crippen LogP contribution in [0.2, 0.25) is 0 Å². The summed E-state index contributed by atoms with van der Waals surface area (Å²) in [5.74, 6) is -2.65. The fourth-order valence-corrected chi connectivity index (χ4v) is 2.59. The molecule has 0 aromatic heterocycles. The molecule has 0 aromatic rings. The number of halogens is 2. The van der Waals surface area contributed by atoms with E-state index in [0.29, 0.717) is 32.7 Å². The van der Waals surface area contributed by atoms with Crippen molar-refractivity contribution in [1.29, 1.82) is 0 Å². The molecule has 0 saturated carbocycles. The van der Waals surface area contributed by atoms with Crippen LogP contribution in [0.15, 0.2) is 0 Å². The molecule has 6 heteroatoms. The fourth-order valence-electron chi connectivity index (χ4n) is 2.59. The van der Waals surface area contributed by atoms with Crippen LogP contribution in [-0.2, 0) is 9.53 Å². The zero-order chi connectivity index (χ0) is 16.6. The summed E-state index contributed by atoms with van der Waals surface area (Å²) in [6.07, 6.45) is 1.75. The molecule has 0 spiro atoms. The molecule has 1 rings (SSSR count). The number of amides is 1. The van der Waals surface area contributed by atoms with Gasteiger partial charge >= 0.3 is 0 Å². The lowest BCUT2D eigenvalue weighted by Gasteiger charge is -2.34. The van der Waals surface area contributed by atoms with Gasteiger partial charge in [-0.2, -0.15) is 0 Å². The van der Waals surface area contributed by atoms with Crippen molar-refractivity contribution in [2.75, 3.05) is 32.8 Å². The lowest BCUT2D eigenvalue weighted by molar-refractivity contribution is -0.125. The van der Waals surface area contributed by atoms with Gasteiger partial charge < -0.3 is 10.1 Å². The Morgan fingerprint density at radius 1 is 1.36 bits per heavy atom. The Labute approximate surface area is 132 Å². The van der Waals surface area contributed by atoms with Crippen LogP contribution in [0.1, 0.15) is 46.5 Å². The number of ether oxygens (including phenoxy) is 1. The third-order valence-corrected chi connectivity index (χ3v) is 3.95. The Kier molecular flexibility index (Phi) is 8.25. The highest BCUT2D eigenvalue weighted by Gasteiger charge is 2.33. The Morgan fingerprint density at radius 3 is 2.55 bits per heavy atom. The number of piperidine rings is 1. The van der Waals surface area contributed by atoms with Crippen molar-refractivity contribution >= 4 is 5.91 Å². The molecular formula is C16H30F2N2O2. The minimum Gasteiger partial charge on any atom is -0.382 e. The Hall–Kier alpha value is -0.750. The average molecular weight is 320 g/mol. The summed E-state index contributed by atoms with van der Waals surface area (Å²) in [7, 11) is 0. The van der Waals surface area contributed by atoms with E-state index in [4.69, 9.17) is 4.74 Å². The van der Waals surface area contributed by atoms with Gasteiger partial charge in [0.25, 0.3) is 5.92 Å². The van der Waals surface area contributed by atoms with Gasteiger partial charge in [0.1, 0.15) is 0 Å². The van der Waals surface area contributed by atoms with Crippen molar-refractivity contribution in [3.8, 4) is 0 Å². The topological polar surface area (TPSA) is 41.6 Å². The highest BCUT2D eigenvalue weighted by atomic mass is 19.3. The molecule has 1 aliphatic heterocycles. The SMILES string of the molecule is CCOCCCC(F)(F)CN1CCC(NC(=O)C(C)C)CC1. The average Bonchev–Trinajstić information content (AvgIpc) is 2.45. The van der Waals surface area contributed by atoms with Crippen LogP contribution < -0.4 is 5.32 Å². The van der Waals surface area contributed by atoms with E-state index < -0.39 is 5.92 Å². The van der Waals surface area contributed by atoms with Crippen molar-refractivity contribution in [1.82, 2.24) is 10.2 Å². The first-order valence-electron chi connectivity index (χ1n) is 8.32. The van der Waals surface area contributed by atoms with E-state index >= 15 is 0 Å². The maximum atomic E-state index is 13.9. The summed E-state index contributed by atoms with van der Waals surface area (Å²) >= 11 is 0. The number of carbonyl (C=O) groups is 1. The number of carbonyl (C=O) groups excluding carboxylic acids is 1. The maximum Gasteiger partial charge on any atom is 0.260 e. The number of alkyl halides is 2. The molecule has 1 amide bonds. The lowest BCUT2D eigenvalue weighted by Crippen LogP contribution is -2.48. The van der Waals surface area contributed by atoms with Crippen molar-refractivity contribution in [2.45, 2.75) is 58.4 Å². The summed E-state index contributed by atoms with van der Waals surface area (Å²) in [6, 6.07) is 0.123. The molecule has 1 aliphatic rings. The molecule has 1 heterocycles. The smallest absolute Gasteiger partial charge is 0.260 e. The normalized spacial score (nSPS) is 17.9. The van der Waals surface area contributed by atoms with Crippen LogP contribution in [0.5, 0.6) is 0 Å². The molecule has 22 heavy (non-hydrogen) atoms. The number of nitrogens with zero attached hydrogens (tertiary/aromatic N) is 1. The molecule has 0 aliphatic carbocycles. The van der Waals surface area contributed by atoms with Crippen molar-refractivity contribution in [3.05, 3.63) is 0 Å². The predicted octanol–water partition coefficient (Wildman–Crippen LogP) is 2.68. The number of rotatable bonds is 9. The van der Waals surface area contributed by atoms with Gasteiger partial charge in [0.05, 0.1) is 6.54 Å². The van der Waals surface area contributed by atoms with Crippen molar-refractivity contribution in [3.63, 3.8) is 0 Å². The first-order chi connectivity index (χ1) is 10.3. The fraction of sp³-hybridized carbons (Fsp3) is 0.938. The van der Waals surface area contributed by atoms with Gasteiger partial charge in [0.15, 0.2) is 0 Å². The van der Waals surface area contributed by atoms with E-state index in [0.717, 1.165) is 12.8 Å². The van der Waals surface area contributed by atoms with Crippen LogP contribution in [0.3, 0.4) is 0 Å². The third kappa shape index (κ3) is 7.49. The highest BCUT2D eigenvalue weighted by molar-refractivity contribution is 5.78. The summed E-state index contributed by atoms with van der Waals surface area (Å²) in [4.78, 5) is 13.4. The predicted molar refractivity (Wildman–Crippen MR) is 83.1 cm³/mol. The Bertz CT molecular complexity index is 330. The molecule has 1 fully saturated rings. The maximum absolute atomic E-state index is 13.9. The van der Waals surface area contributed by atoms with Crippen LogP contribution in [0, 0.1) is 5.92 Å². The molecule has 0 bridgehead atoms. The summed E-state index contributed by atoms with van der Waals surface area (Å²) in [5, 5.41) is 2.98. The van der Waals surface area contributed by atoms with E-state index in [-0.39, 0.29) is 30.8 Å².